The van der Waals surface area contributed by atoms with Gasteiger partial charge in [0.2, 0.25) is 5.43 Å². The second-order valence-corrected chi connectivity index (χ2v) is 7.25. The lowest BCUT2D eigenvalue weighted by atomic mass is 10.2. The van der Waals surface area contributed by atoms with Crippen molar-refractivity contribution in [1.29, 1.82) is 0 Å². The molecule has 26 heavy (non-hydrogen) atoms. The van der Waals surface area contributed by atoms with E-state index in [2.05, 4.69) is 6.92 Å². The number of hydrogen-bond acceptors (Lipinski definition) is 4. The van der Waals surface area contributed by atoms with Gasteiger partial charge in [-0.2, -0.15) is 0 Å². The van der Waals surface area contributed by atoms with Crippen molar-refractivity contribution in [3.63, 3.8) is 0 Å². The Morgan fingerprint density at radius 2 is 1.73 bits per heavy atom. The highest BCUT2D eigenvalue weighted by molar-refractivity contribution is 7.24. The van der Waals surface area contributed by atoms with E-state index in [1.807, 2.05) is 48.5 Å². The molecule has 0 unspecified atom stereocenters. The summed E-state index contributed by atoms with van der Waals surface area (Å²) >= 11 is 1.40. The number of hydrogen-bond donors (Lipinski definition) is 0. The normalized spacial score (nSPS) is 11.3. The van der Waals surface area contributed by atoms with Crippen LogP contribution in [0.15, 0.2) is 64.2 Å². The molecule has 4 aromatic rings. The van der Waals surface area contributed by atoms with E-state index in [0.717, 1.165) is 23.1 Å². The zero-order valence-electron chi connectivity index (χ0n) is 14.4. The molecular formula is C21H18N2O2S. The van der Waals surface area contributed by atoms with Crippen LogP contribution in [0.25, 0.3) is 31.7 Å². The Balaban J connectivity index is 2.12. The highest BCUT2D eigenvalue weighted by Gasteiger charge is 2.17. The van der Waals surface area contributed by atoms with Gasteiger partial charge in [0.05, 0.1) is 0 Å². The van der Waals surface area contributed by atoms with Gasteiger partial charge in [-0.15, -0.1) is 11.3 Å². The van der Waals surface area contributed by atoms with Crippen molar-refractivity contribution in [2.75, 3.05) is 0 Å². The minimum absolute atomic E-state index is 0.199. The maximum atomic E-state index is 13.2. The van der Waals surface area contributed by atoms with Crippen LogP contribution in [0.3, 0.4) is 0 Å². The Morgan fingerprint density at radius 3 is 2.50 bits per heavy atom. The lowest BCUT2D eigenvalue weighted by Crippen LogP contribution is -2.27. The molecule has 0 radical (unpaired) electrons. The molecule has 4 nitrogen and oxygen atoms in total. The van der Waals surface area contributed by atoms with Crippen LogP contribution >= 0.6 is 11.3 Å². The topological polar surface area (TPSA) is 52.0 Å². The van der Waals surface area contributed by atoms with Crippen LogP contribution in [0.4, 0.5) is 0 Å². The second-order valence-electron chi connectivity index (χ2n) is 6.22. The quantitative estimate of drug-likeness (QED) is 0.504. The van der Waals surface area contributed by atoms with Gasteiger partial charge in [0, 0.05) is 22.2 Å². The summed E-state index contributed by atoms with van der Waals surface area (Å²) in [7, 11) is 0. The molecule has 4 rings (SSSR count). The first kappa shape index (κ1) is 16.7. The van der Waals surface area contributed by atoms with Gasteiger partial charge in [0.1, 0.15) is 16.0 Å². The number of aromatic nitrogens is 2. The molecule has 130 valence electrons. The number of rotatable bonds is 4. The van der Waals surface area contributed by atoms with E-state index in [-0.39, 0.29) is 16.4 Å². The molecule has 0 atom stereocenters. The molecule has 0 bridgehead atoms. The van der Waals surface area contributed by atoms with Crippen molar-refractivity contribution >= 4 is 31.6 Å². The Kier molecular flexibility index (Phi) is 4.39. The zero-order chi connectivity index (χ0) is 18.1. The smallest absolute Gasteiger partial charge is 0.266 e. The predicted octanol–water partition coefficient (Wildman–Crippen LogP) is 4.44. The Labute approximate surface area is 154 Å². The molecule has 0 saturated carbocycles. The fraction of sp³-hybridized carbons (Fsp3) is 0.190. The zero-order valence-corrected chi connectivity index (χ0v) is 15.3. The number of unbranched alkanes of at least 4 members (excludes halogenated alkanes) is 1. The highest BCUT2D eigenvalue weighted by atomic mass is 32.1. The molecule has 0 fully saturated rings. The largest absolute Gasteiger partial charge is 0.292 e. The minimum atomic E-state index is -0.241. The Bertz CT molecular complexity index is 1210. The van der Waals surface area contributed by atoms with Crippen LogP contribution in [-0.4, -0.2) is 9.55 Å². The average Bonchev–Trinajstić information content (AvgIpc) is 2.68. The van der Waals surface area contributed by atoms with Gasteiger partial charge in [-0.3, -0.25) is 14.2 Å². The number of nitrogens with zero attached hydrogens (tertiary/aromatic N) is 2. The SMILES string of the molecule is CCCCn1c(-c2ccccc2)nc2sc3ccccc3c(=O)c2c1=O. The third-order valence-electron chi connectivity index (χ3n) is 4.47. The molecular weight excluding hydrogens is 344 g/mol. The van der Waals surface area contributed by atoms with Crippen LogP contribution in [0, 0.1) is 0 Å². The van der Waals surface area contributed by atoms with Gasteiger partial charge in [-0.1, -0.05) is 55.8 Å². The highest BCUT2D eigenvalue weighted by Crippen LogP contribution is 2.24. The first-order chi connectivity index (χ1) is 12.7. The van der Waals surface area contributed by atoms with Crippen molar-refractivity contribution in [1.82, 2.24) is 9.55 Å². The monoisotopic (exact) mass is 362 g/mol. The summed E-state index contributed by atoms with van der Waals surface area (Å²) in [4.78, 5) is 31.4. The third-order valence-corrected chi connectivity index (χ3v) is 5.53. The minimum Gasteiger partial charge on any atom is -0.292 e. The average molecular weight is 362 g/mol. The van der Waals surface area contributed by atoms with Gasteiger partial charge in [-0.05, 0) is 18.6 Å². The van der Waals surface area contributed by atoms with Crippen molar-refractivity contribution in [3.05, 3.63) is 75.2 Å². The van der Waals surface area contributed by atoms with Gasteiger partial charge in [0.25, 0.3) is 5.56 Å². The third kappa shape index (κ3) is 2.74. The van der Waals surface area contributed by atoms with Crippen molar-refractivity contribution in [3.8, 4) is 11.4 Å². The van der Waals surface area contributed by atoms with E-state index in [9.17, 15) is 9.59 Å². The summed E-state index contributed by atoms with van der Waals surface area (Å²) in [5.41, 5.74) is 0.418. The summed E-state index contributed by atoms with van der Waals surface area (Å²) in [5.74, 6) is 0.627. The molecule has 0 aliphatic heterocycles. The summed E-state index contributed by atoms with van der Waals surface area (Å²) in [6.45, 7) is 2.63. The maximum absolute atomic E-state index is 13.2. The van der Waals surface area contributed by atoms with E-state index in [4.69, 9.17) is 4.98 Å². The Morgan fingerprint density at radius 1 is 1.00 bits per heavy atom. The van der Waals surface area contributed by atoms with Crippen LogP contribution < -0.4 is 11.0 Å². The lowest BCUT2D eigenvalue weighted by Gasteiger charge is -2.13. The molecule has 2 aromatic heterocycles. The van der Waals surface area contributed by atoms with E-state index < -0.39 is 0 Å². The van der Waals surface area contributed by atoms with Crippen molar-refractivity contribution in [2.24, 2.45) is 0 Å². The van der Waals surface area contributed by atoms with Gasteiger partial charge < -0.3 is 0 Å². The van der Waals surface area contributed by atoms with Gasteiger partial charge in [-0.25, -0.2) is 4.98 Å². The van der Waals surface area contributed by atoms with Crippen molar-refractivity contribution in [2.45, 2.75) is 26.3 Å². The molecule has 0 spiro atoms. The van der Waals surface area contributed by atoms with E-state index in [1.165, 1.54) is 11.3 Å². The van der Waals surface area contributed by atoms with E-state index in [0.29, 0.717) is 22.6 Å². The summed E-state index contributed by atoms with van der Waals surface area (Å²) in [6.07, 6.45) is 1.82. The molecule has 0 aliphatic carbocycles. The Hall–Kier alpha value is -2.79. The number of fused-ring (bicyclic) bond motifs is 2. The van der Waals surface area contributed by atoms with Crippen molar-refractivity contribution < 1.29 is 0 Å². The van der Waals surface area contributed by atoms with Crippen LogP contribution in [0.2, 0.25) is 0 Å². The fourth-order valence-electron chi connectivity index (χ4n) is 3.12. The molecule has 0 N–H and O–H groups in total. The molecule has 2 aromatic carbocycles. The number of benzene rings is 2. The second kappa shape index (κ2) is 6.84. The summed E-state index contributed by atoms with van der Waals surface area (Å²) < 4.78 is 2.51. The summed E-state index contributed by atoms with van der Waals surface area (Å²) in [6, 6.07) is 17.1. The molecule has 2 heterocycles. The standard InChI is InChI=1S/C21H18N2O2S/c1-2-3-13-23-19(14-9-5-4-6-10-14)22-20-17(21(23)25)18(24)15-11-7-8-12-16(15)26-20/h4-12H,2-3,13H2,1H3. The van der Waals surface area contributed by atoms with Crippen LogP contribution in [0.5, 0.6) is 0 Å². The van der Waals surface area contributed by atoms with Gasteiger partial charge in [0.15, 0.2) is 0 Å². The molecule has 0 aliphatic rings. The van der Waals surface area contributed by atoms with Crippen LogP contribution in [0.1, 0.15) is 19.8 Å². The van der Waals surface area contributed by atoms with Crippen LogP contribution in [-0.2, 0) is 6.54 Å². The molecule has 0 saturated heterocycles. The first-order valence-electron chi connectivity index (χ1n) is 8.72. The fourth-order valence-corrected chi connectivity index (χ4v) is 4.16. The molecule has 5 heteroatoms. The lowest BCUT2D eigenvalue weighted by molar-refractivity contribution is 0.615. The van der Waals surface area contributed by atoms with E-state index in [1.54, 1.807) is 10.6 Å². The van der Waals surface area contributed by atoms with Gasteiger partial charge >= 0.3 is 0 Å². The summed E-state index contributed by atoms with van der Waals surface area (Å²) in [5, 5.41) is 0.780. The van der Waals surface area contributed by atoms with E-state index >= 15 is 0 Å². The first-order valence-corrected chi connectivity index (χ1v) is 9.54. The maximum Gasteiger partial charge on any atom is 0.266 e. The predicted molar refractivity (Wildman–Crippen MR) is 108 cm³/mol. The molecule has 0 amide bonds.